The molecule has 0 saturated carbocycles. The number of carbonyl (C=O) groups is 1. The van der Waals surface area contributed by atoms with E-state index in [0.717, 1.165) is 15.6 Å². The molecule has 0 aliphatic heterocycles. The first-order valence-corrected chi connectivity index (χ1v) is 13.1. The van der Waals surface area contributed by atoms with Gasteiger partial charge >= 0.3 is 0 Å². The summed E-state index contributed by atoms with van der Waals surface area (Å²) < 4.78 is 7.26. The Hall–Kier alpha value is -3.53. The van der Waals surface area contributed by atoms with E-state index >= 15 is 0 Å². The minimum atomic E-state index is -3.06. The van der Waals surface area contributed by atoms with Crippen molar-refractivity contribution in [2.24, 2.45) is 0 Å². The standard InChI is InChI=1S/C30H28O2Si/c1-3-24-30(2,29(31)25-16-8-4-9-17-25)32-33(26-18-10-5-11-19-26,27-20-12-6-13-21-27)28-22-14-7-15-23-28/h3-23H,1,24H2,2H3. The first kappa shape index (κ1) is 22.7. The van der Waals surface area contributed by atoms with Gasteiger partial charge in [0, 0.05) is 12.0 Å². The second-order valence-corrected chi connectivity index (χ2v) is 11.6. The fourth-order valence-corrected chi connectivity index (χ4v) is 8.58. The zero-order chi connectivity index (χ0) is 23.2. The maximum atomic E-state index is 13.9. The number of Topliss-reactive ketones (excluding diaryl/α,β-unsaturated/α-hetero) is 1. The Morgan fingerprint density at radius 2 is 1.09 bits per heavy atom. The lowest BCUT2D eigenvalue weighted by atomic mass is 9.92. The molecular weight excluding hydrogens is 420 g/mol. The fourth-order valence-electron chi connectivity index (χ4n) is 4.38. The average Bonchev–Trinajstić information content (AvgIpc) is 2.89. The van der Waals surface area contributed by atoms with Gasteiger partial charge in [0.15, 0.2) is 5.78 Å². The first-order chi connectivity index (χ1) is 16.1. The van der Waals surface area contributed by atoms with E-state index in [4.69, 9.17) is 4.43 Å². The van der Waals surface area contributed by atoms with Gasteiger partial charge in [-0.15, -0.1) is 6.58 Å². The van der Waals surface area contributed by atoms with Gasteiger partial charge in [0.2, 0.25) is 0 Å². The molecular formula is C30H28O2Si. The summed E-state index contributed by atoms with van der Waals surface area (Å²) >= 11 is 0. The zero-order valence-corrected chi connectivity index (χ0v) is 19.9. The zero-order valence-electron chi connectivity index (χ0n) is 18.9. The number of hydrogen-bond acceptors (Lipinski definition) is 2. The molecule has 4 aromatic rings. The molecule has 0 N–H and O–H groups in total. The van der Waals surface area contributed by atoms with Gasteiger partial charge in [0.1, 0.15) is 5.60 Å². The smallest absolute Gasteiger partial charge is 0.289 e. The molecule has 0 fully saturated rings. The summed E-state index contributed by atoms with van der Waals surface area (Å²) in [7, 11) is -3.06. The Labute approximate surface area is 197 Å². The summed E-state index contributed by atoms with van der Waals surface area (Å²) in [6, 6.07) is 40.4. The predicted octanol–water partition coefficient (Wildman–Crippen LogP) is 4.89. The molecule has 1 unspecified atom stereocenters. The van der Waals surface area contributed by atoms with Gasteiger partial charge in [-0.1, -0.05) is 127 Å². The number of carbonyl (C=O) groups excluding carboxylic acids is 1. The number of rotatable bonds is 9. The average molecular weight is 449 g/mol. The van der Waals surface area contributed by atoms with Crippen LogP contribution in [0.1, 0.15) is 23.7 Å². The van der Waals surface area contributed by atoms with Crippen molar-refractivity contribution in [2.75, 3.05) is 0 Å². The van der Waals surface area contributed by atoms with Crippen molar-refractivity contribution in [1.82, 2.24) is 0 Å². The minimum Gasteiger partial charge on any atom is -0.391 e. The second-order valence-electron chi connectivity index (χ2n) is 8.30. The molecule has 1 atom stereocenters. The molecule has 0 aliphatic rings. The van der Waals surface area contributed by atoms with Crippen LogP contribution in [-0.2, 0) is 4.43 Å². The first-order valence-electron chi connectivity index (χ1n) is 11.2. The topological polar surface area (TPSA) is 26.3 Å². The van der Waals surface area contributed by atoms with E-state index in [2.05, 4.69) is 43.0 Å². The number of hydrogen-bond donors (Lipinski definition) is 0. The molecule has 33 heavy (non-hydrogen) atoms. The molecule has 0 bridgehead atoms. The van der Waals surface area contributed by atoms with Gasteiger partial charge in [-0.05, 0) is 22.5 Å². The number of ketones is 1. The third-order valence-corrected chi connectivity index (χ3v) is 10.2. The van der Waals surface area contributed by atoms with E-state index in [-0.39, 0.29) is 5.78 Å². The molecule has 0 aliphatic carbocycles. The van der Waals surface area contributed by atoms with Crippen LogP contribution in [0.4, 0.5) is 0 Å². The molecule has 4 aromatic carbocycles. The fraction of sp³-hybridized carbons (Fsp3) is 0.100. The Bertz CT molecular complexity index is 1090. The Morgan fingerprint density at radius 1 is 0.727 bits per heavy atom. The molecule has 0 spiro atoms. The molecule has 2 nitrogen and oxygen atoms in total. The van der Waals surface area contributed by atoms with Gasteiger partial charge in [-0.25, -0.2) is 0 Å². The third-order valence-electron chi connectivity index (χ3n) is 5.97. The van der Waals surface area contributed by atoms with Crippen molar-refractivity contribution in [3.8, 4) is 0 Å². The van der Waals surface area contributed by atoms with Gasteiger partial charge < -0.3 is 4.43 Å². The lowest BCUT2D eigenvalue weighted by Crippen LogP contribution is -2.72. The van der Waals surface area contributed by atoms with E-state index in [0.29, 0.717) is 12.0 Å². The maximum Gasteiger partial charge on any atom is 0.289 e. The van der Waals surface area contributed by atoms with Gasteiger partial charge in [0.05, 0.1) is 0 Å². The minimum absolute atomic E-state index is 0.0392. The highest BCUT2D eigenvalue weighted by atomic mass is 28.4. The van der Waals surface area contributed by atoms with Crippen LogP contribution in [0.2, 0.25) is 0 Å². The second kappa shape index (κ2) is 9.95. The normalized spacial score (nSPS) is 13.1. The van der Waals surface area contributed by atoms with Crippen molar-refractivity contribution in [3.05, 3.63) is 140 Å². The van der Waals surface area contributed by atoms with Crippen LogP contribution in [0, 0.1) is 0 Å². The van der Waals surface area contributed by atoms with Crippen molar-refractivity contribution >= 4 is 29.7 Å². The van der Waals surface area contributed by atoms with Crippen LogP contribution in [0.15, 0.2) is 134 Å². The quantitative estimate of drug-likeness (QED) is 0.158. The number of benzene rings is 4. The van der Waals surface area contributed by atoms with Crippen LogP contribution in [0.3, 0.4) is 0 Å². The van der Waals surface area contributed by atoms with E-state index < -0.39 is 13.9 Å². The van der Waals surface area contributed by atoms with Gasteiger partial charge in [-0.2, -0.15) is 0 Å². The molecule has 164 valence electrons. The van der Waals surface area contributed by atoms with Crippen molar-refractivity contribution in [2.45, 2.75) is 18.9 Å². The van der Waals surface area contributed by atoms with Crippen LogP contribution < -0.4 is 15.6 Å². The van der Waals surface area contributed by atoms with Crippen LogP contribution in [0.5, 0.6) is 0 Å². The largest absolute Gasteiger partial charge is 0.391 e. The summed E-state index contributed by atoms with van der Waals surface area (Å²) in [5.41, 5.74) is -0.449. The van der Waals surface area contributed by atoms with E-state index in [1.54, 1.807) is 6.08 Å². The van der Waals surface area contributed by atoms with Crippen molar-refractivity contribution in [1.29, 1.82) is 0 Å². The van der Waals surface area contributed by atoms with Gasteiger partial charge in [-0.3, -0.25) is 4.79 Å². The Balaban J connectivity index is 1.98. The Morgan fingerprint density at radius 3 is 1.45 bits per heavy atom. The Kier molecular flexibility index (Phi) is 6.83. The molecule has 4 rings (SSSR count). The van der Waals surface area contributed by atoms with Crippen LogP contribution in [0.25, 0.3) is 0 Å². The summed E-state index contributed by atoms with van der Waals surface area (Å²) in [5.74, 6) is -0.0392. The molecule has 0 amide bonds. The highest BCUT2D eigenvalue weighted by Crippen LogP contribution is 2.27. The lowest BCUT2D eigenvalue weighted by molar-refractivity contribution is 0.0521. The van der Waals surface area contributed by atoms with Crippen LogP contribution in [-0.4, -0.2) is 19.7 Å². The van der Waals surface area contributed by atoms with E-state index in [1.165, 1.54) is 0 Å². The maximum absolute atomic E-state index is 13.9. The monoisotopic (exact) mass is 448 g/mol. The highest BCUT2D eigenvalue weighted by molar-refractivity contribution is 7.07. The molecule has 0 radical (unpaired) electrons. The summed E-state index contributed by atoms with van der Waals surface area (Å²) in [4.78, 5) is 13.9. The van der Waals surface area contributed by atoms with E-state index in [9.17, 15) is 4.79 Å². The summed E-state index contributed by atoms with van der Waals surface area (Å²) in [6.45, 7) is 5.86. The summed E-state index contributed by atoms with van der Waals surface area (Å²) in [6.07, 6.45) is 2.18. The summed E-state index contributed by atoms with van der Waals surface area (Å²) in [5, 5.41) is 3.29. The van der Waals surface area contributed by atoms with Crippen molar-refractivity contribution in [3.63, 3.8) is 0 Å². The predicted molar refractivity (Wildman–Crippen MR) is 139 cm³/mol. The molecule has 0 heterocycles. The lowest BCUT2D eigenvalue weighted by Gasteiger charge is -2.41. The van der Waals surface area contributed by atoms with Crippen LogP contribution >= 0.6 is 0 Å². The van der Waals surface area contributed by atoms with Crippen molar-refractivity contribution < 1.29 is 9.22 Å². The van der Waals surface area contributed by atoms with E-state index in [1.807, 2.05) is 91.9 Å². The SMILES string of the molecule is C=CCC(C)(O[Si](c1ccccc1)(c1ccccc1)c1ccccc1)C(=O)c1ccccc1. The molecule has 3 heteroatoms. The highest BCUT2D eigenvalue weighted by Gasteiger charge is 2.49. The molecule has 0 saturated heterocycles. The van der Waals surface area contributed by atoms with Gasteiger partial charge in [0.25, 0.3) is 8.32 Å². The third kappa shape index (κ3) is 4.51. The molecule has 0 aromatic heterocycles.